The summed E-state index contributed by atoms with van der Waals surface area (Å²) < 4.78 is 5.16. The number of halogens is 1. The van der Waals surface area contributed by atoms with E-state index in [1.54, 1.807) is 19.2 Å². The molecule has 2 aromatic rings. The first kappa shape index (κ1) is 14.1. The van der Waals surface area contributed by atoms with Gasteiger partial charge in [0.1, 0.15) is 10.9 Å². The van der Waals surface area contributed by atoms with Crippen LogP contribution in [0.2, 0.25) is 5.15 Å². The lowest BCUT2D eigenvalue weighted by Gasteiger charge is -2.09. The van der Waals surface area contributed by atoms with E-state index in [0.717, 1.165) is 11.3 Å². The quantitative estimate of drug-likeness (QED) is 0.528. The molecule has 0 radical (unpaired) electrons. The molecule has 6 nitrogen and oxygen atoms in total. The standard InChI is InChI=1S/C13H12ClN3O3/c1-8-7-9(3-5-11(8)20-2)15-13-10(17(18)19)4-6-12(14)16-13/h3-7H,1-2H3,(H,15,16). The van der Waals surface area contributed by atoms with Crippen molar-refractivity contribution >= 4 is 28.8 Å². The summed E-state index contributed by atoms with van der Waals surface area (Å²) >= 11 is 5.77. The average molecular weight is 294 g/mol. The molecule has 0 amide bonds. The number of pyridine rings is 1. The summed E-state index contributed by atoms with van der Waals surface area (Å²) in [7, 11) is 1.58. The monoisotopic (exact) mass is 293 g/mol. The molecule has 7 heteroatoms. The van der Waals surface area contributed by atoms with Crippen LogP contribution in [-0.2, 0) is 0 Å². The number of aryl methyl sites for hydroxylation is 1. The van der Waals surface area contributed by atoms with Crippen molar-refractivity contribution < 1.29 is 9.66 Å². The van der Waals surface area contributed by atoms with Crippen molar-refractivity contribution in [3.05, 3.63) is 51.2 Å². The molecule has 0 aliphatic rings. The molecule has 1 aromatic heterocycles. The Balaban J connectivity index is 2.36. The molecular formula is C13H12ClN3O3. The highest BCUT2D eigenvalue weighted by molar-refractivity contribution is 6.29. The number of anilines is 2. The van der Waals surface area contributed by atoms with Gasteiger partial charge in [-0.25, -0.2) is 4.98 Å². The van der Waals surface area contributed by atoms with Crippen LogP contribution in [0.1, 0.15) is 5.56 Å². The molecule has 1 heterocycles. The van der Waals surface area contributed by atoms with E-state index in [-0.39, 0.29) is 16.7 Å². The average Bonchev–Trinajstić information content (AvgIpc) is 2.38. The van der Waals surface area contributed by atoms with Crippen LogP contribution in [0.15, 0.2) is 30.3 Å². The highest BCUT2D eigenvalue weighted by atomic mass is 35.5. The highest BCUT2D eigenvalue weighted by Crippen LogP contribution is 2.29. The first-order valence-electron chi connectivity index (χ1n) is 5.74. The lowest BCUT2D eigenvalue weighted by molar-refractivity contribution is -0.384. The molecule has 0 saturated carbocycles. The van der Waals surface area contributed by atoms with Gasteiger partial charge in [0, 0.05) is 11.8 Å². The van der Waals surface area contributed by atoms with Crippen molar-refractivity contribution in [3.63, 3.8) is 0 Å². The summed E-state index contributed by atoms with van der Waals surface area (Å²) in [5, 5.41) is 14.0. The number of ether oxygens (including phenoxy) is 1. The minimum atomic E-state index is -0.512. The first-order chi connectivity index (χ1) is 9.51. The van der Waals surface area contributed by atoms with E-state index in [4.69, 9.17) is 16.3 Å². The molecule has 0 fully saturated rings. The second-order valence-corrected chi connectivity index (χ2v) is 4.46. The zero-order valence-electron chi connectivity index (χ0n) is 10.9. The van der Waals surface area contributed by atoms with Crippen LogP contribution in [0.4, 0.5) is 17.2 Å². The Morgan fingerprint density at radius 3 is 2.70 bits per heavy atom. The number of nitrogens with one attached hydrogen (secondary N) is 1. The number of hydrogen-bond donors (Lipinski definition) is 1. The summed E-state index contributed by atoms with van der Waals surface area (Å²) in [6.45, 7) is 1.88. The molecule has 0 atom stereocenters. The number of rotatable bonds is 4. The summed E-state index contributed by atoms with van der Waals surface area (Å²) in [6, 6.07) is 8.02. The minimum absolute atomic E-state index is 0.104. The lowest BCUT2D eigenvalue weighted by Crippen LogP contribution is -2.00. The SMILES string of the molecule is COc1ccc(Nc2nc(Cl)ccc2[N+](=O)[O-])cc1C. The van der Waals surface area contributed by atoms with Crippen LogP contribution in [0.3, 0.4) is 0 Å². The molecule has 0 bridgehead atoms. The van der Waals surface area contributed by atoms with Gasteiger partial charge in [-0.2, -0.15) is 0 Å². The number of methoxy groups -OCH3 is 1. The van der Waals surface area contributed by atoms with Crippen LogP contribution in [0.25, 0.3) is 0 Å². The third-order valence-corrected chi connectivity index (χ3v) is 2.90. The molecule has 0 saturated heterocycles. The summed E-state index contributed by atoms with van der Waals surface area (Å²) in [6.07, 6.45) is 0. The Hall–Kier alpha value is -2.34. The largest absolute Gasteiger partial charge is 0.496 e. The molecular weight excluding hydrogens is 282 g/mol. The van der Waals surface area contributed by atoms with Crippen LogP contribution in [-0.4, -0.2) is 17.0 Å². The van der Waals surface area contributed by atoms with Gasteiger partial charge in [0.2, 0.25) is 5.82 Å². The van der Waals surface area contributed by atoms with Crippen molar-refractivity contribution in [2.45, 2.75) is 6.92 Å². The van der Waals surface area contributed by atoms with Gasteiger partial charge >= 0.3 is 5.69 Å². The Kier molecular flexibility index (Phi) is 4.05. The van der Waals surface area contributed by atoms with Crippen molar-refractivity contribution in [1.29, 1.82) is 0 Å². The van der Waals surface area contributed by atoms with Gasteiger partial charge in [-0.15, -0.1) is 0 Å². The molecule has 0 aliphatic heterocycles. The fraction of sp³-hybridized carbons (Fsp3) is 0.154. The lowest BCUT2D eigenvalue weighted by atomic mass is 10.2. The van der Waals surface area contributed by atoms with Gasteiger partial charge in [0.05, 0.1) is 12.0 Å². The second kappa shape index (κ2) is 5.75. The van der Waals surface area contributed by atoms with Crippen molar-refractivity contribution in [2.75, 3.05) is 12.4 Å². The van der Waals surface area contributed by atoms with Crippen molar-refractivity contribution in [2.24, 2.45) is 0 Å². The topological polar surface area (TPSA) is 77.3 Å². The number of nitro groups is 1. The highest BCUT2D eigenvalue weighted by Gasteiger charge is 2.16. The van der Waals surface area contributed by atoms with Crippen LogP contribution in [0, 0.1) is 17.0 Å². The molecule has 0 spiro atoms. The van der Waals surface area contributed by atoms with E-state index in [0.29, 0.717) is 5.69 Å². The molecule has 104 valence electrons. The fourth-order valence-electron chi connectivity index (χ4n) is 1.76. The maximum atomic E-state index is 11.0. The normalized spacial score (nSPS) is 10.2. The maximum Gasteiger partial charge on any atom is 0.311 e. The van der Waals surface area contributed by atoms with Gasteiger partial charge < -0.3 is 10.1 Å². The molecule has 2 rings (SSSR count). The minimum Gasteiger partial charge on any atom is -0.496 e. The molecule has 0 aliphatic carbocycles. The molecule has 0 unspecified atom stereocenters. The number of hydrogen-bond acceptors (Lipinski definition) is 5. The summed E-state index contributed by atoms with van der Waals surface area (Å²) in [5.74, 6) is 0.844. The smallest absolute Gasteiger partial charge is 0.311 e. The van der Waals surface area contributed by atoms with Crippen molar-refractivity contribution in [1.82, 2.24) is 4.98 Å². The first-order valence-corrected chi connectivity index (χ1v) is 6.11. The predicted molar refractivity (Wildman–Crippen MR) is 76.9 cm³/mol. The van der Waals surface area contributed by atoms with Crippen LogP contribution in [0.5, 0.6) is 5.75 Å². The maximum absolute atomic E-state index is 11.0. The molecule has 1 aromatic carbocycles. The van der Waals surface area contributed by atoms with E-state index in [1.807, 2.05) is 13.0 Å². The van der Waals surface area contributed by atoms with E-state index in [1.165, 1.54) is 12.1 Å². The fourth-order valence-corrected chi connectivity index (χ4v) is 1.91. The van der Waals surface area contributed by atoms with E-state index in [2.05, 4.69) is 10.3 Å². The number of nitrogens with zero attached hydrogens (tertiary/aromatic N) is 2. The van der Waals surface area contributed by atoms with Gasteiger partial charge in [-0.3, -0.25) is 10.1 Å². The van der Waals surface area contributed by atoms with Crippen molar-refractivity contribution in [3.8, 4) is 5.75 Å². The van der Waals surface area contributed by atoms with E-state index >= 15 is 0 Å². The third kappa shape index (κ3) is 2.97. The Bertz CT molecular complexity index is 661. The van der Waals surface area contributed by atoms with Gasteiger partial charge in [-0.05, 0) is 36.8 Å². The predicted octanol–water partition coefficient (Wildman–Crippen LogP) is 3.70. The Morgan fingerprint density at radius 1 is 1.35 bits per heavy atom. The molecule has 20 heavy (non-hydrogen) atoms. The Morgan fingerprint density at radius 2 is 2.10 bits per heavy atom. The Labute approximate surface area is 120 Å². The van der Waals surface area contributed by atoms with Crippen LogP contribution >= 0.6 is 11.6 Å². The van der Waals surface area contributed by atoms with E-state index < -0.39 is 4.92 Å². The molecule has 1 N–H and O–H groups in total. The van der Waals surface area contributed by atoms with E-state index in [9.17, 15) is 10.1 Å². The van der Waals surface area contributed by atoms with Gasteiger partial charge in [0.15, 0.2) is 0 Å². The van der Waals surface area contributed by atoms with Gasteiger partial charge in [-0.1, -0.05) is 11.6 Å². The summed E-state index contributed by atoms with van der Waals surface area (Å²) in [4.78, 5) is 14.4. The number of aromatic nitrogens is 1. The number of benzene rings is 1. The zero-order chi connectivity index (χ0) is 14.7. The van der Waals surface area contributed by atoms with Crippen LogP contribution < -0.4 is 10.1 Å². The summed E-state index contributed by atoms with van der Waals surface area (Å²) in [5.41, 5.74) is 1.44. The second-order valence-electron chi connectivity index (χ2n) is 4.07. The van der Waals surface area contributed by atoms with Gasteiger partial charge in [0.25, 0.3) is 0 Å². The third-order valence-electron chi connectivity index (χ3n) is 2.69. The zero-order valence-corrected chi connectivity index (χ0v) is 11.6.